The predicted octanol–water partition coefficient (Wildman–Crippen LogP) is 3.37. The molecule has 0 aromatic heterocycles. The molecule has 3 N–H and O–H groups in total. The maximum Gasteiger partial charge on any atom is 0.410 e. The molecule has 6 rings (SSSR count). The number of piperidine rings is 2. The van der Waals surface area contributed by atoms with Crippen LogP contribution in [0.1, 0.15) is 57.6 Å². The van der Waals surface area contributed by atoms with E-state index in [1.807, 2.05) is 81.4 Å². The number of benzene rings is 2. The lowest BCUT2D eigenvalue weighted by molar-refractivity contribution is -0.133. The molecule has 45 heavy (non-hydrogen) atoms. The lowest BCUT2D eigenvalue weighted by Gasteiger charge is -2.37. The standard InChI is InChI=1S/C19H25N3O4.C14H17N3O2/c1-18(2,3)26-17(25)21-11-9-19(10-12-21)15(23)22(16(24)20-19)13-14-7-5-4-6-8-14;18-12-14(6-8-15-9-7-14)16-13(19)17(12)10-11-4-2-1-3-5-11/h4-8H,9-13H2,1-3H3,(H,20,24);1-5,15H,6-10H2,(H,16,19). The molecule has 0 saturated carbocycles. The van der Waals surface area contributed by atoms with Gasteiger partial charge in [-0.2, -0.15) is 0 Å². The molecule has 0 unspecified atom stereocenters. The van der Waals surface area contributed by atoms with Gasteiger partial charge in [-0.3, -0.25) is 19.4 Å². The smallest absolute Gasteiger partial charge is 0.410 e. The van der Waals surface area contributed by atoms with Gasteiger partial charge in [0.1, 0.15) is 16.7 Å². The Kier molecular flexibility index (Phi) is 9.15. The highest BCUT2D eigenvalue weighted by Crippen LogP contribution is 2.31. The normalized spacial score (nSPS) is 20.6. The molecule has 4 aliphatic heterocycles. The van der Waals surface area contributed by atoms with Gasteiger partial charge in [0.2, 0.25) is 0 Å². The van der Waals surface area contributed by atoms with Crippen LogP contribution < -0.4 is 16.0 Å². The SMILES string of the molecule is CC(C)(C)OC(=O)N1CCC2(CC1)NC(=O)N(Cc1ccccc1)C2=O.O=C1NC2(CCNCC2)C(=O)N1Cc1ccccc1. The third-order valence-electron chi connectivity index (χ3n) is 8.58. The van der Waals surface area contributed by atoms with E-state index in [1.165, 1.54) is 9.80 Å². The van der Waals surface area contributed by atoms with Gasteiger partial charge in [0.25, 0.3) is 11.8 Å². The highest BCUT2D eigenvalue weighted by atomic mass is 16.6. The van der Waals surface area contributed by atoms with Gasteiger partial charge in [0.05, 0.1) is 13.1 Å². The average molecular weight is 619 g/mol. The molecular weight excluding hydrogens is 576 g/mol. The fourth-order valence-electron chi connectivity index (χ4n) is 6.10. The Balaban J connectivity index is 0.000000186. The number of hydrogen-bond acceptors (Lipinski definition) is 7. The summed E-state index contributed by atoms with van der Waals surface area (Å²) in [6, 6.07) is 18.4. The van der Waals surface area contributed by atoms with Gasteiger partial charge in [0, 0.05) is 13.1 Å². The number of hydrogen-bond donors (Lipinski definition) is 3. The van der Waals surface area contributed by atoms with E-state index >= 15 is 0 Å². The van der Waals surface area contributed by atoms with Crippen molar-refractivity contribution in [2.24, 2.45) is 0 Å². The lowest BCUT2D eigenvalue weighted by Crippen LogP contribution is -2.56. The highest BCUT2D eigenvalue weighted by Gasteiger charge is 2.53. The second-order valence-corrected chi connectivity index (χ2v) is 13.0. The molecule has 240 valence electrons. The van der Waals surface area contributed by atoms with Crippen molar-refractivity contribution in [2.45, 2.75) is 76.2 Å². The topological polar surface area (TPSA) is 140 Å². The summed E-state index contributed by atoms with van der Waals surface area (Å²) in [6.07, 6.45) is 1.74. The van der Waals surface area contributed by atoms with Crippen LogP contribution in [-0.2, 0) is 27.4 Å². The number of carbonyl (C=O) groups excluding carboxylic acids is 5. The van der Waals surface area contributed by atoms with E-state index in [0.29, 0.717) is 45.3 Å². The van der Waals surface area contributed by atoms with E-state index in [4.69, 9.17) is 4.74 Å². The van der Waals surface area contributed by atoms with Gasteiger partial charge < -0.3 is 25.6 Å². The van der Waals surface area contributed by atoms with Gasteiger partial charge in [-0.15, -0.1) is 0 Å². The Hall–Kier alpha value is -4.45. The van der Waals surface area contributed by atoms with Crippen molar-refractivity contribution >= 4 is 30.0 Å². The number of amides is 7. The number of carbonyl (C=O) groups is 5. The minimum Gasteiger partial charge on any atom is -0.444 e. The van der Waals surface area contributed by atoms with Crippen LogP contribution in [0.4, 0.5) is 14.4 Å². The Morgan fingerprint density at radius 2 is 1.13 bits per heavy atom. The van der Waals surface area contributed by atoms with Crippen molar-refractivity contribution < 1.29 is 28.7 Å². The van der Waals surface area contributed by atoms with Crippen molar-refractivity contribution in [3.63, 3.8) is 0 Å². The summed E-state index contributed by atoms with van der Waals surface area (Å²) < 4.78 is 5.38. The summed E-state index contributed by atoms with van der Waals surface area (Å²) in [6.45, 7) is 8.34. The number of rotatable bonds is 4. The van der Waals surface area contributed by atoms with E-state index in [1.54, 1.807) is 4.90 Å². The molecule has 2 aromatic rings. The highest BCUT2D eigenvalue weighted by molar-refractivity contribution is 6.07. The van der Waals surface area contributed by atoms with Crippen molar-refractivity contribution in [2.75, 3.05) is 26.2 Å². The van der Waals surface area contributed by atoms with Crippen molar-refractivity contribution in [3.05, 3.63) is 71.8 Å². The minimum absolute atomic E-state index is 0.0807. The molecule has 4 saturated heterocycles. The van der Waals surface area contributed by atoms with E-state index in [2.05, 4.69) is 16.0 Å². The lowest BCUT2D eigenvalue weighted by atomic mass is 9.87. The number of ether oxygens (including phenoxy) is 1. The van der Waals surface area contributed by atoms with Gasteiger partial charge in [-0.1, -0.05) is 60.7 Å². The van der Waals surface area contributed by atoms with Crippen LogP contribution in [0.25, 0.3) is 0 Å². The van der Waals surface area contributed by atoms with E-state index in [0.717, 1.165) is 24.2 Å². The summed E-state index contributed by atoms with van der Waals surface area (Å²) in [7, 11) is 0. The Morgan fingerprint density at radius 1 is 0.711 bits per heavy atom. The van der Waals surface area contributed by atoms with Crippen LogP contribution in [-0.4, -0.2) is 87.5 Å². The first-order chi connectivity index (χ1) is 21.4. The summed E-state index contributed by atoms with van der Waals surface area (Å²) in [5, 5.41) is 8.96. The van der Waals surface area contributed by atoms with Crippen LogP contribution in [0.2, 0.25) is 0 Å². The van der Waals surface area contributed by atoms with Crippen LogP contribution >= 0.6 is 0 Å². The molecule has 0 radical (unpaired) electrons. The van der Waals surface area contributed by atoms with Crippen LogP contribution in [0.3, 0.4) is 0 Å². The second kappa shape index (κ2) is 12.9. The molecular formula is C33H42N6O6. The third kappa shape index (κ3) is 7.11. The first-order valence-electron chi connectivity index (χ1n) is 15.5. The van der Waals surface area contributed by atoms with Gasteiger partial charge in [-0.25, -0.2) is 14.4 Å². The summed E-state index contributed by atoms with van der Waals surface area (Å²) in [4.78, 5) is 66.2. The maximum absolute atomic E-state index is 12.9. The molecule has 7 amide bonds. The Morgan fingerprint density at radius 3 is 1.56 bits per heavy atom. The van der Waals surface area contributed by atoms with Gasteiger partial charge in [0.15, 0.2) is 0 Å². The number of nitrogens with one attached hydrogen (secondary N) is 3. The molecule has 4 aliphatic rings. The third-order valence-corrected chi connectivity index (χ3v) is 8.58. The molecule has 0 aliphatic carbocycles. The van der Waals surface area contributed by atoms with Crippen molar-refractivity contribution in [3.8, 4) is 0 Å². The monoisotopic (exact) mass is 618 g/mol. The molecule has 4 fully saturated rings. The molecule has 12 nitrogen and oxygen atoms in total. The molecule has 12 heteroatoms. The first-order valence-corrected chi connectivity index (χ1v) is 15.5. The van der Waals surface area contributed by atoms with E-state index < -0.39 is 16.7 Å². The summed E-state index contributed by atoms with van der Waals surface area (Å²) >= 11 is 0. The fraction of sp³-hybridized carbons (Fsp3) is 0.485. The molecule has 2 spiro atoms. The zero-order valence-corrected chi connectivity index (χ0v) is 26.1. The first kappa shape index (κ1) is 32.0. The Bertz CT molecular complexity index is 1410. The van der Waals surface area contributed by atoms with Gasteiger partial charge in [-0.05, 0) is 70.7 Å². The maximum atomic E-state index is 12.9. The molecule has 2 aromatic carbocycles. The number of urea groups is 2. The molecule has 0 atom stereocenters. The zero-order valence-electron chi connectivity index (χ0n) is 26.1. The molecule has 0 bridgehead atoms. The van der Waals surface area contributed by atoms with Crippen LogP contribution in [0, 0.1) is 0 Å². The largest absolute Gasteiger partial charge is 0.444 e. The van der Waals surface area contributed by atoms with Crippen LogP contribution in [0.5, 0.6) is 0 Å². The molecule has 4 heterocycles. The quantitative estimate of drug-likeness (QED) is 0.447. The number of nitrogens with zero attached hydrogens (tertiary/aromatic N) is 3. The fourth-order valence-corrected chi connectivity index (χ4v) is 6.10. The van der Waals surface area contributed by atoms with Gasteiger partial charge >= 0.3 is 18.2 Å². The average Bonchev–Trinajstić information content (AvgIpc) is 3.37. The van der Waals surface area contributed by atoms with Crippen LogP contribution in [0.15, 0.2) is 60.7 Å². The van der Waals surface area contributed by atoms with Crippen molar-refractivity contribution in [1.82, 2.24) is 30.7 Å². The summed E-state index contributed by atoms with van der Waals surface area (Å²) in [5.41, 5.74) is -0.270. The van der Waals surface area contributed by atoms with E-state index in [9.17, 15) is 24.0 Å². The van der Waals surface area contributed by atoms with E-state index in [-0.39, 0.29) is 36.5 Å². The number of likely N-dealkylation sites (tertiary alicyclic amines) is 1. The zero-order chi connectivity index (χ0) is 32.2. The van der Waals surface area contributed by atoms with Crippen molar-refractivity contribution in [1.29, 1.82) is 0 Å². The Labute approximate surface area is 263 Å². The minimum atomic E-state index is -0.912. The predicted molar refractivity (Wildman–Crippen MR) is 166 cm³/mol. The number of imide groups is 2. The summed E-state index contributed by atoms with van der Waals surface area (Å²) in [5.74, 6) is -0.293. The second-order valence-electron chi connectivity index (χ2n) is 13.0.